The van der Waals surface area contributed by atoms with E-state index in [1.165, 1.54) is 6.92 Å². The first-order valence-electron chi connectivity index (χ1n) is 7.10. The molecule has 0 saturated heterocycles. The zero-order chi connectivity index (χ0) is 16.5. The van der Waals surface area contributed by atoms with Crippen LogP contribution in [0.2, 0.25) is 0 Å². The summed E-state index contributed by atoms with van der Waals surface area (Å²) in [5.74, 6) is 5.70. The predicted molar refractivity (Wildman–Crippen MR) is 91.1 cm³/mol. The second-order valence-corrected chi connectivity index (χ2v) is 4.73. The van der Waals surface area contributed by atoms with E-state index in [1.54, 1.807) is 12.1 Å². The Bertz CT molecular complexity index is 728. The SMILES string of the molecule is CC(=O)Nc1ccc(C#CCNC(=O)Nc2ccccc2)cc1. The predicted octanol–water partition coefficient (Wildman–Crippen LogP) is 2.82. The largest absolute Gasteiger partial charge is 0.327 e. The quantitative estimate of drug-likeness (QED) is 0.763. The number of benzene rings is 2. The van der Waals surface area contributed by atoms with Crippen molar-refractivity contribution in [3.63, 3.8) is 0 Å². The number of hydrogen-bond acceptors (Lipinski definition) is 2. The molecule has 0 heterocycles. The third-order valence-corrected chi connectivity index (χ3v) is 2.81. The summed E-state index contributed by atoms with van der Waals surface area (Å²) in [5.41, 5.74) is 2.26. The normalized spacial score (nSPS) is 9.26. The van der Waals surface area contributed by atoms with Crippen LogP contribution in [0.25, 0.3) is 0 Å². The van der Waals surface area contributed by atoms with Crippen LogP contribution in [0.1, 0.15) is 12.5 Å². The lowest BCUT2D eigenvalue weighted by atomic mass is 10.2. The zero-order valence-corrected chi connectivity index (χ0v) is 12.7. The minimum absolute atomic E-state index is 0.113. The van der Waals surface area contributed by atoms with Crippen LogP contribution in [0.3, 0.4) is 0 Å². The maximum Gasteiger partial charge on any atom is 0.319 e. The summed E-state index contributed by atoms with van der Waals surface area (Å²) < 4.78 is 0. The topological polar surface area (TPSA) is 70.2 Å². The molecule has 5 heteroatoms. The molecule has 0 radical (unpaired) electrons. The number of rotatable bonds is 3. The molecule has 0 aliphatic rings. The molecule has 0 aliphatic heterocycles. The lowest BCUT2D eigenvalue weighted by Gasteiger charge is -2.04. The van der Waals surface area contributed by atoms with Gasteiger partial charge in [0.05, 0.1) is 6.54 Å². The van der Waals surface area contributed by atoms with Gasteiger partial charge >= 0.3 is 6.03 Å². The van der Waals surface area contributed by atoms with Crippen molar-refractivity contribution >= 4 is 23.3 Å². The molecule has 0 spiro atoms. The Hall–Kier alpha value is -3.26. The molecular formula is C18H17N3O2. The molecule has 0 aliphatic carbocycles. The molecule has 2 aromatic carbocycles. The number of para-hydroxylation sites is 1. The van der Waals surface area contributed by atoms with Gasteiger partial charge in [0, 0.05) is 23.9 Å². The van der Waals surface area contributed by atoms with Crippen LogP contribution in [0.15, 0.2) is 54.6 Å². The van der Waals surface area contributed by atoms with E-state index in [0.717, 1.165) is 16.9 Å². The van der Waals surface area contributed by atoms with Crippen LogP contribution >= 0.6 is 0 Å². The van der Waals surface area contributed by atoms with E-state index in [-0.39, 0.29) is 18.5 Å². The average molecular weight is 307 g/mol. The van der Waals surface area contributed by atoms with E-state index in [1.807, 2.05) is 42.5 Å². The Morgan fingerprint density at radius 2 is 1.57 bits per heavy atom. The second kappa shape index (κ2) is 8.25. The lowest BCUT2D eigenvalue weighted by molar-refractivity contribution is -0.114. The van der Waals surface area contributed by atoms with Gasteiger partial charge in [-0.05, 0) is 36.4 Å². The molecule has 116 valence electrons. The molecule has 0 saturated carbocycles. The molecule has 0 fully saturated rings. The molecule has 2 rings (SSSR count). The lowest BCUT2D eigenvalue weighted by Crippen LogP contribution is -2.28. The summed E-state index contributed by atoms with van der Waals surface area (Å²) in [7, 11) is 0. The van der Waals surface area contributed by atoms with Crippen LogP contribution in [0.5, 0.6) is 0 Å². The Labute approximate surface area is 135 Å². The summed E-state index contributed by atoms with van der Waals surface area (Å²) in [6, 6.07) is 16.1. The summed E-state index contributed by atoms with van der Waals surface area (Å²) in [5, 5.41) is 8.05. The van der Waals surface area contributed by atoms with Gasteiger partial charge in [-0.2, -0.15) is 0 Å². The number of urea groups is 1. The monoisotopic (exact) mass is 307 g/mol. The smallest absolute Gasteiger partial charge is 0.319 e. The van der Waals surface area contributed by atoms with E-state index in [9.17, 15) is 9.59 Å². The highest BCUT2D eigenvalue weighted by atomic mass is 16.2. The number of hydrogen-bond donors (Lipinski definition) is 3. The molecule has 3 N–H and O–H groups in total. The third kappa shape index (κ3) is 5.94. The first-order valence-corrected chi connectivity index (χ1v) is 7.10. The fourth-order valence-corrected chi connectivity index (χ4v) is 1.81. The maximum absolute atomic E-state index is 11.6. The number of nitrogens with one attached hydrogen (secondary N) is 3. The van der Waals surface area contributed by atoms with Crippen molar-refractivity contribution in [1.82, 2.24) is 5.32 Å². The molecule has 5 nitrogen and oxygen atoms in total. The van der Waals surface area contributed by atoms with E-state index in [2.05, 4.69) is 27.8 Å². The first kappa shape index (κ1) is 16.1. The maximum atomic E-state index is 11.6. The molecule has 2 aromatic rings. The van der Waals surface area contributed by atoms with Gasteiger partial charge in [-0.3, -0.25) is 4.79 Å². The number of carbonyl (C=O) groups is 2. The standard InChI is InChI=1S/C18H17N3O2/c1-14(22)20-17-11-9-15(10-12-17)6-5-13-19-18(23)21-16-7-3-2-4-8-16/h2-4,7-12H,13H2,1H3,(H,20,22)(H2,19,21,23). The molecular weight excluding hydrogens is 290 g/mol. The summed E-state index contributed by atoms with van der Waals surface area (Å²) in [6.07, 6.45) is 0. The van der Waals surface area contributed by atoms with Crippen LogP contribution in [0, 0.1) is 11.8 Å². The molecule has 0 bridgehead atoms. The summed E-state index contributed by atoms with van der Waals surface area (Å²) in [4.78, 5) is 22.6. The van der Waals surface area contributed by atoms with E-state index in [4.69, 9.17) is 0 Å². The Kier molecular flexibility index (Phi) is 5.78. The molecule has 0 aromatic heterocycles. The van der Waals surface area contributed by atoms with Crippen LogP contribution in [-0.2, 0) is 4.79 Å². The Morgan fingerprint density at radius 1 is 0.913 bits per heavy atom. The molecule has 3 amide bonds. The van der Waals surface area contributed by atoms with Crippen LogP contribution in [0.4, 0.5) is 16.2 Å². The minimum atomic E-state index is -0.300. The fraction of sp³-hybridized carbons (Fsp3) is 0.111. The zero-order valence-electron chi connectivity index (χ0n) is 12.7. The van der Waals surface area contributed by atoms with Gasteiger partial charge < -0.3 is 16.0 Å². The van der Waals surface area contributed by atoms with Crippen molar-refractivity contribution in [2.75, 3.05) is 17.2 Å². The third-order valence-electron chi connectivity index (χ3n) is 2.81. The number of carbonyl (C=O) groups excluding carboxylic acids is 2. The number of amides is 3. The highest BCUT2D eigenvalue weighted by molar-refractivity contribution is 5.89. The van der Waals surface area contributed by atoms with Gasteiger partial charge in [0.1, 0.15) is 0 Å². The van der Waals surface area contributed by atoms with E-state index >= 15 is 0 Å². The highest BCUT2D eigenvalue weighted by Gasteiger charge is 1.98. The summed E-state index contributed by atoms with van der Waals surface area (Å²) in [6.45, 7) is 1.70. The Morgan fingerprint density at radius 3 is 2.22 bits per heavy atom. The van der Waals surface area contributed by atoms with Gasteiger partial charge in [0.2, 0.25) is 5.91 Å². The highest BCUT2D eigenvalue weighted by Crippen LogP contribution is 2.08. The van der Waals surface area contributed by atoms with Gasteiger partial charge in [0.15, 0.2) is 0 Å². The molecule has 0 atom stereocenters. The number of anilines is 2. The van der Waals surface area contributed by atoms with Gasteiger partial charge in [-0.15, -0.1) is 0 Å². The molecule has 0 unspecified atom stereocenters. The summed E-state index contributed by atoms with van der Waals surface area (Å²) >= 11 is 0. The second-order valence-electron chi connectivity index (χ2n) is 4.73. The van der Waals surface area contributed by atoms with E-state index < -0.39 is 0 Å². The van der Waals surface area contributed by atoms with Crippen molar-refractivity contribution in [2.24, 2.45) is 0 Å². The van der Waals surface area contributed by atoms with E-state index in [0.29, 0.717) is 0 Å². The van der Waals surface area contributed by atoms with Crippen LogP contribution < -0.4 is 16.0 Å². The van der Waals surface area contributed by atoms with Crippen molar-refractivity contribution in [1.29, 1.82) is 0 Å². The average Bonchev–Trinajstić information content (AvgIpc) is 2.53. The van der Waals surface area contributed by atoms with Crippen molar-refractivity contribution < 1.29 is 9.59 Å². The minimum Gasteiger partial charge on any atom is -0.327 e. The van der Waals surface area contributed by atoms with Gasteiger partial charge in [-0.25, -0.2) is 4.79 Å². The van der Waals surface area contributed by atoms with Crippen LogP contribution in [-0.4, -0.2) is 18.5 Å². The first-order chi connectivity index (χ1) is 11.1. The fourth-order valence-electron chi connectivity index (χ4n) is 1.81. The molecule has 23 heavy (non-hydrogen) atoms. The van der Waals surface area contributed by atoms with Gasteiger partial charge in [-0.1, -0.05) is 30.0 Å². The van der Waals surface area contributed by atoms with Crippen molar-refractivity contribution in [3.8, 4) is 11.8 Å². The van der Waals surface area contributed by atoms with Crippen molar-refractivity contribution in [2.45, 2.75) is 6.92 Å². The Balaban J connectivity index is 1.79. The van der Waals surface area contributed by atoms with Crippen molar-refractivity contribution in [3.05, 3.63) is 60.2 Å². The van der Waals surface area contributed by atoms with Gasteiger partial charge in [0.25, 0.3) is 0 Å².